The normalized spacial score (nSPS) is 11.8. The van der Waals surface area contributed by atoms with E-state index >= 15 is 0 Å². The average Bonchev–Trinajstić information content (AvgIpc) is 2.37. The van der Waals surface area contributed by atoms with Gasteiger partial charge < -0.3 is 4.90 Å². The highest BCUT2D eigenvalue weighted by molar-refractivity contribution is 6.29. The monoisotopic (exact) mass is 309 g/mol. The van der Waals surface area contributed by atoms with Gasteiger partial charge in [-0.3, -0.25) is 4.79 Å². The van der Waals surface area contributed by atoms with Gasteiger partial charge in [0.05, 0.1) is 0 Å². The van der Waals surface area contributed by atoms with E-state index in [1.807, 2.05) is 0 Å². The fourth-order valence-electron chi connectivity index (χ4n) is 1.87. The maximum atomic E-state index is 12.6. The van der Waals surface area contributed by atoms with Gasteiger partial charge >= 0.3 is 6.18 Å². The topological polar surface area (TPSA) is 46.1 Å². The van der Waals surface area contributed by atoms with Gasteiger partial charge in [-0.2, -0.15) is 13.2 Å². The number of alkyl halides is 3. The van der Waals surface area contributed by atoms with E-state index in [4.69, 9.17) is 11.6 Å². The minimum atomic E-state index is -4.46. The van der Waals surface area contributed by atoms with E-state index in [2.05, 4.69) is 10.2 Å². The summed E-state index contributed by atoms with van der Waals surface area (Å²) in [5.41, 5.74) is -0.148. The molecule has 1 aromatic heterocycles. The van der Waals surface area contributed by atoms with Gasteiger partial charge in [-0.05, 0) is 25.0 Å². The Labute approximate surface area is 119 Å². The van der Waals surface area contributed by atoms with E-state index in [0.717, 1.165) is 4.90 Å². The molecule has 0 fully saturated rings. The van der Waals surface area contributed by atoms with E-state index < -0.39 is 24.7 Å². The Hall–Kier alpha value is -1.37. The van der Waals surface area contributed by atoms with Gasteiger partial charge in [0.1, 0.15) is 6.54 Å². The molecule has 1 heterocycles. The van der Waals surface area contributed by atoms with E-state index in [0.29, 0.717) is 12.8 Å². The smallest absolute Gasteiger partial charge is 0.325 e. The lowest BCUT2D eigenvalue weighted by molar-refractivity contribution is -0.145. The molecule has 0 spiro atoms. The molecule has 0 aromatic carbocycles. The number of rotatable bonds is 5. The Morgan fingerprint density at radius 1 is 1.30 bits per heavy atom. The third-order valence-electron chi connectivity index (χ3n) is 2.84. The number of hydrogen-bond donors (Lipinski definition) is 0. The largest absolute Gasteiger partial charge is 0.406 e. The summed E-state index contributed by atoms with van der Waals surface area (Å²) in [6.45, 7) is 2.17. The molecule has 0 aliphatic heterocycles. The first-order chi connectivity index (χ1) is 9.28. The van der Waals surface area contributed by atoms with E-state index in [9.17, 15) is 18.0 Å². The molecule has 1 amide bonds. The van der Waals surface area contributed by atoms with Crippen LogP contribution in [0.15, 0.2) is 12.1 Å². The summed E-state index contributed by atoms with van der Waals surface area (Å²) >= 11 is 5.54. The van der Waals surface area contributed by atoms with E-state index in [1.165, 1.54) is 12.1 Å². The van der Waals surface area contributed by atoms with Gasteiger partial charge in [0.2, 0.25) is 0 Å². The van der Waals surface area contributed by atoms with Gasteiger partial charge in [-0.1, -0.05) is 25.4 Å². The highest BCUT2D eigenvalue weighted by Crippen LogP contribution is 2.22. The molecule has 0 aliphatic rings. The number of hydrogen-bond acceptors (Lipinski definition) is 3. The van der Waals surface area contributed by atoms with Gasteiger partial charge in [-0.25, -0.2) is 0 Å². The van der Waals surface area contributed by atoms with E-state index in [1.54, 1.807) is 13.8 Å². The van der Waals surface area contributed by atoms with Crippen LogP contribution in [0.5, 0.6) is 0 Å². The molecule has 8 heteroatoms. The predicted octanol–water partition coefficient (Wildman–Crippen LogP) is 3.32. The zero-order valence-corrected chi connectivity index (χ0v) is 11.9. The summed E-state index contributed by atoms with van der Waals surface area (Å²) < 4.78 is 37.9. The summed E-state index contributed by atoms with van der Waals surface area (Å²) in [6.07, 6.45) is -3.60. The van der Waals surface area contributed by atoms with Gasteiger partial charge in [0.25, 0.3) is 5.91 Å². The van der Waals surface area contributed by atoms with Crippen LogP contribution < -0.4 is 0 Å². The molecule has 0 aliphatic carbocycles. The predicted molar refractivity (Wildman–Crippen MR) is 68.5 cm³/mol. The number of carbonyl (C=O) groups excluding carboxylic acids is 1. The maximum absolute atomic E-state index is 12.6. The first-order valence-corrected chi connectivity index (χ1v) is 6.53. The number of amides is 1. The Kier molecular flexibility index (Phi) is 5.74. The minimum Gasteiger partial charge on any atom is -0.325 e. The molecule has 4 nitrogen and oxygen atoms in total. The zero-order chi connectivity index (χ0) is 15.3. The van der Waals surface area contributed by atoms with Crippen molar-refractivity contribution in [2.75, 3.05) is 6.54 Å². The van der Waals surface area contributed by atoms with Crippen LogP contribution in [0.3, 0.4) is 0 Å². The van der Waals surface area contributed by atoms with Gasteiger partial charge in [0, 0.05) is 6.04 Å². The van der Waals surface area contributed by atoms with Gasteiger partial charge in [-0.15, -0.1) is 10.2 Å². The lowest BCUT2D eigenvalue weighted by atomic mass is 10.1. The van der Waals surface area contributed by atoms with Crippen LogP contribution >= 0.6 is 11.6 Å². The molecular formula is C12H15ClF3N3O. The fraction of sp³-hybridized carbons (Fsp3) is 0.583. The quantitative estimate of drug-likeness (QED) is 0.838. The molecular weight excluding hydrogens is 295 g/mol. The second kappa shape index (κ2) is 6.88. The van der Waals surface area contributed by atoms with Crippen molar-refractivity contribution in [3.05, 3.63) is 23.0 Å². The maximum Gasteiger partial charge on any atom is 0.406 e. The minimum absolute atomic E-state index is 0.0754. The Morgan fingerprint density at radius 3 is 2.30 bits per heavy atom. The van der Waals surface area contributed by atoms with Gasteiger partial charge in [0.15, 0.2) is 10.8 Å². The summed E-state index contributed by atoms with van der Waals surface area (Å²) in [4.78, 5) is 13.0. The Morgan fingerprint density at radius 2 is 1.90 bits per heavy atom. The summed E-state index contributed by atoms with van der Waals surface area (Å²) in [5, 5.41) is 7.09. The average molecular weight is 310 g/mol. The standard InChI is InChI=1S/C12H15ClF3N3O/c1-3-8(4-2)19(7-12(14,15)16)11(20)9-5-6-10(13)18-17-9/h5-6,8H,3-4,7H2,1-2H3. The lowest BCUT2D eigenvalue weighted by Crippen LogP contribution is -2.45. The van der Waals surface area contributed by atoms with Crippen molar-refractivity contribution >= 4 is 17.5 Å². The number of aromatic nitrogens is 2. The van der Waals surface area contributed by atoms with Crippen LogP contribution in [-0.4, -0.2) is 39.8 Å². The van der Waals surface area contributed by atoms with Crippen LogP contribution in [0.1, 0.15) is 37.2 Å². The molecule has 1 rings (SSSR count). The van der Waals surface area contributed by atoms with Crippen molar-refractivity contribution in [3.8, 4) is 0 Å². The number of carbonyl (C=O) groups is 1. The SMILES string of the molecule is CCC(CC)N(CC(F)(F)F)C(=O)c1ccc(Cl)nn1. The third-order valence-corrected chi connectivity index (χ3v) is 3.05. The lowest BCUT2D eigenvalue weighted by Gasteiger charge is -2.30. The number of halogens is 4. The molecule has 1 aromatic rings. The zero-order valence-electron chi connectivity index (χ0n) is 11.1. The summed E-state index contributed by atoms with van der Waals surface area (Å²) in [7, 11) is 0. The molecule has 0 radical (unpaired) electrons. The van der Waals surface area contributed by atoms with Crippen molar-refractivity contribution in [2.24, 2.45) is 0 Å². The molecule has 0 N–H and O–H groups in total. The second-order valence-electron chi connectivity index (χ2n) is 4.26. The Bertz CT molecular complexity index is 446. The van der Waals surface area contributed by atoms with E-state index in [-0.39, 0.29) is 10.8 Å². The van der Waals surface area contributed by atoms with Crippen LogP contribution in [0.25, 0.3) is 0 Å². The fourth-order valence-corrected chi connectivity index (χ4v) is 1.97. The highest BCUT2D eigenvalue weighted by Gasteiger charge is 2.36. The molecule has 0 saturated heterocycles. The van der Waals surface area contributed by atoms with Crippen LogP contribution in [-0.2, 0) is 0 Å². The second-order valence-corrected chi connectivity index (χ2v) is 4.65. The van der Waals surface area contributed by atoms with Crippen molar-refractivity contribution in [1.29, 1.82) is 0 Å². The molecule has 20 heavy (non-hydrogen) atoms. The summed E-state index contributed by atoms with van der Waals surface area (Å²) in [5.74, 6) is -0.791. The van der Waals surface area contributed by atoms with Crippen molar-refractivity contribution in [2.45, 2.75) is 38.9 Å². The summed E-state index contributed by atoms with van der Waals surface area (Å²) in [6, 6.07) is 2.09. The highest BCUT2D eigenvalue weighted by atomic mass is 35.5. The molecule has 0 atom stereocenters. The van der Waals surface area contributed by atoms with Crippen molar-refractivity contribution < 1.29 is 18.0 Å². The van der Waals surface area contributed by atoms with Crippen LogP contribution in [0.2, 0.25) is 5.15 Å². The number of nitrogens with zero attached hydrogens (tertiary/aromatic N) is 3. The Balaban J connectivity index is 3.02. The van der Waals surface area contributed by atoms with Crippen LogP contribution in [0.4, 0.5) is 13.2 Å². The molecule has 0 unspecified atom stereocenters. The first kappa shape index (κ1) is 16.7. The molecule has 0 bridgehead atoms. The first-order valence-electron chi connectivity index (χ1n) is 6.15. The molecule has 0 saturated carbocycles. The van der Waals surface area contributed by atoms with Crippen molar-refractivity contribution in [3.63, 3.8) is 0 Å². The van der Waals surface area contributed by atoms with Crippen molar-refractivity contribution in [1.82, 2.24) is 15.1 Å². The molecule has 112 valence electrons. The third kappa shape index (κ3) is 4.63. The van der Waals surface area contributed by atoms with Crippen LogP contribution in [0, 0.1) is 0 Å².